The highest BCUT2D eigenvalue weighted by Gasteiger charge is 2.31. The number of rotatable bonds is 2. The Morgan fingerprint density at radius 2 is 2.05 bits per heavy atom. The van der Waals surface area contributed by atoms with Gasteiger partial charge in [-0.25, -0.2) is 4.98 Å². The zero-order chi connectivity index (χ0) is 14.3. The number of fused-ring (bicyclic) bond motifs is 1. The Morgan fingerprint density at radius 3 is 2.80 bits per heavy atom. The molecule has 2 N–H and O–H groups in total. The van der Waals surface area contributed by atoms with Gasteiger partial charge in [0.25, 0.3) is 0 Å². The van der Waals surface area contributed by atoms with Crippen LogP contribution in [0.4, 0.5) is 5.95 Å². The lowest BCUT2D eigenvalue weighted by Gasteiger charge is -2.36. The van der Waals surface area contributed by atoms with Crippen molar-refractivity contribution in [2.75, 3.05) is 5.73 Å². The minimum Gasteiger partial charge on any atom is -0.369 e. The van der Waals surface area contributed by atoms with Gasteiger partial charge in [0.05, 0.1) is 10.5 Å². The second-order valence-corrected chi connectivity index (χ2v) is 6.61. The molecule has 1 fully saturated rings. The number of para-hydroxylation sites is 1. The lowest BCUT2D eigenvalue weighted by Crippen LogP contribution is -2.27. The molecule has 0 amide bonds. The van der Waals surface area contributed by atoms with E-state index in [1.165, 1.54) is 25.7 Å². The highest BCUT2D eigenvalue weighted by Crippen LogP contribution is 2.41. The van der Waals surface area contributed by atoms with E-state index >= 15 is 0 Å². The van der Waals surface area contributed by atoms with Gasteiger partial charge in [-0.05, 0) is 36.8 Å². The lowest BCUT2D eigenvalue weighted by molar-refractivity contribution is 0.189. The molecule has 3 rings (SSSR count). The van der Waals surface area contributed by atoms with Crippen molar-refractivity contribution in [1.29, 1.82) is 0 Å². The molecule has 0 bridgehead atoms. The molecule has 108 valence electrons. The van der Waals surface area contributed by atoms with Gasteiger partial charge in [-0.3, -0.25) is 0 Å². The van der Waals surface area contributed by atoms with E-state index < -0.39 is 0 Å². The second kappa shape index (κ2) is 5.28. The molecule has 1 saturated carbocycles. The number of halogens is 1. The number of nitrogens with two attached hydrogens (primary N) is 1. The lowest BCUT2D eigenvalue weighted by atomic mass is 9.77. The van der Waals surface area contributed by atoms with Crippen LogP contribution in [0.5, 0.6) is 0 Å². The molecule has 1 aliphatic rings. The molecule has 4 heteroatoms. The summed E-state index contributed by atoms with van der Waals surface area (Å²) in [5.74, 6) is 1.93. The molecule has 2 atom stereocenters. The SMILES string of the molecule is CC(C)C1CCCCC1n1c(N)nc2c(Cl)cccc21. The summed E-state index contributed by atoms with van der Waals surface area (Å²) in [6, 6.07) is 6.39. The highest BCUT2D eigenvalue weighted by atomic mass is 35.5. The molecule has 0 radical (unpaired) electrons. The van der Waals surface area contributed by atoms with Crippen LogP contribution in [-0.4, -0.2) is 9.55 Å². The van der Waals surface area contributed by atoms with Gasteiger partial charge in [-0.2, -0.15) is 0 Å². The topological polar surface area (TPSA) is 43.8 Å². The van der Waals surface area contributed by atoms with Crippen molar-refractivity contribution >= 4 is 28.6 Å². The normalized spacial score (nSPS) is 23.6. The van der Waals surface area contributed by atoms with E-state index in [2.05, 4.69) is 29.5 Å². The van der Waals surface area contributed by atoms with Gasteiger partial charge in [-0.1, -0.05) is 44.4 Å². The third-order valence-electron chi connectivity index (χ3n) is 4.67. The largest absolute Gasteiger partial charge is 0.369 e. The van der Waals surface area contributed by atoms with Crippen molar-refractivity contribution in [3.05, 3.63) is 23.2 Å². The minimum atomic E-state index is 0.451. The molecule has 1 aromatic heterocycles. The van der Waals surface area contributed by atoms with Crippen LogP contribution in [-0.2, 0) is 0 Å². The molecule has 3 nitrogen and oxygen atoms in total. The van der Waals surface area contributed by atoms with Crippen LogP contribution >= 0.6 is 11.6 Å². The van der Waals surface area contributed by atoms with E-state index in [0.717, 1.165) is 11.0 Å². The monoisotopic (exact) mass is 291 g/mol. The van der Waals surface area contributed by atoms with Crippen molar-refractivity contribution in [1.82, 2.24) is 9.55 Å². The molecule has 1 aliphatic carbocycles. The van der Waals surface area contributed by atoms with E-state index in [1.54, 1.807) is 0 Å². The number of anilines is 1. The second-order valence-electron chi connectivity index (χ2n) is 6.21. The van der Waals surface area contributed by atoms with Gasteiger partial charge < -0.3 is 10.3 Å². The van der Waals surface area contributed by atoms with Gasteiger partial charge in [0.2, 0.25) is 5.95 Å². The Morgan fingerprint density at radius 1 is 1.30 bits per heavy atom. The zero-order valence-corrected chi connectivity index (χ0v) is 12.9. The molecule has 1 heterocycles. The fraction of sp³-hybridized carbons (Fsp3) is 0.562. The number of aromatic nitrogens is 2. The Bertz CT molecular complexity index is 617. The summed E-state index contributed by atoms with van der Waals surface area (Å²) in [5.41, 5.74) is 8.12. The molecular weight excluding hydrogens is 270 g/mol. The highest BCUT2D eigenvalue weighted by molar-refractivity contribution is 6.35. The molecule has 0 aliphatic heterocycles. The summed E-state index contributed by atoms with van der Waals surface area (Å²) in [7, 11) is 0. The van der Waals surface area contributed by atoms with Crippen molar-refractivity contribution < 1.29 is 0 Å². The number of hydrogen-bond donors (Lipinski definition) is 1. The Labute approximate surface area is 125 Å². The molecule has 1 aromatic carbocycles. The van der Waals surface area contributed by atoms with Gasteiger partial charge >= 0.3 is 0 Å². The van der Waals surface area contributed by atoms with Crippen LogP contribution in [0.1, 0.15) is 45.6 Å². The Kier molecular flexibility index (Phi) is 3.63. The van der Waals surface area contributed by atoms with Gasteiger partial charge in [0.1, 0.15) is 5.52 Å². The third-order valence-corrected chi connectivity index (χ3v) is 4.97. The summed E-state index contributed by atoms with van der Waals surface area (Å²) < 4.78 is 2.23. The molecule has 0 spiro atoms. The summed E-state index contributed by atoms with van der Waals surface area (Å²) in [6.07, 6.45) is 5.06. The summed E-state index contributed by atoms with van der Waals surface area (Å²) in [6.45, 7) is 4.62. The molecule has 2 aromatic rings. The molecule has 2 unspecified atom stereocenters. The van der Waals surface area contributed by atoms with Crippen molar-refractivity contribution in [2.45, 2.75) is 45.6 Å². The average molecular weight is 292 g/mol. The van der Waals surface area contributed by atoms with Crippen LogP contribution in [0.25, 0.3) is 11.0 Å². The van der Waals surface area contributed by atoms with Crippen LogP contribution in [0.2, 0.25) is 5.02 Å². The first-order valence-electron chi connectivity index (χ1n) is 7.51. The Balaban J connectivity index is 2.13. The fourth-order valence-corrected chi connectivity index (χ4v) is 3.90. The van der Waals surface area contributed by atoms with Crippen LogP contribution in [0, 0.1) is 11.8 Å². The molecule has 20 heavy (non-hydrogen) atoms. The van der Waals surface area contributed by atoms with Crippen molar-refractivity contribution in [2.24, 2.45) is 11.8 Å². The first-order valence-corrected chi connectivity index (χ1v) is 7.89. The standard InChI is InChI=1S/C16H22ClN3/c1-10(2)11-6-3-4-8-13(11)20-14-9-5-7-12(17)15(14)19-16(20)18/h5,7,9-11,13H,3-4,6,8H2,1-2H3,(H2,18,19). The smallest absolute Gasteiger partial charge is 0.201 e. The first kappa shape index (κ1) is 13.7. The molecular formula is C16H22ClN3. The van der Waals surface area contributed by atoms with E-state index in [0.29, 0.717) is 28.8 Å². The predicted octanol–water partition coefficient (Wildman–Crippen LogP) is 4.66. The van der Waals surface area contributed by atoms with Gasteiger partial charge in [-0.15, -0.1) is 0 Å². The van der Waals surface area contributed by atoms with Crippen LogP contribution in [0.15, 0.2) is 18.2 Å². The van der Waals surface area contributed by atoms with Gasteiger partial charge in [0, 0.05) is 6.04 Å². The number of nitrogen functional groups attached to an aromatic ring is 1. The first-order chi connectivity index (χ1) is 9.59. The number of benzene rings is 1. The van der Waals surface area contributed by atoms with E-state index in [9.17, 15) is 0 Å². The molecule has 0 saturated heterocycles. The number of hydrogen-bond acceptors (Lipinski definition) is 2. The average Bonchev–Trinajstić information content (AvgIpc) is 2.76. The third kappa shape index (κ3) is 2.18. The zero-order valence-electron chi connectivity index (χ0n) is 12.1. The Hall–Kier alpha value is -1.22. The summed E-state index contributed by atoms with van der Waals surface area (Å²) >= 11 is 6.25. The maximum Gasteiger partial charge on any atom is 0.201 e. The van der Waals surface area contributed by atoms with Crippen LogP contribution in [0.3, 0.4) is 0 Å². The summed E-state index contributed by atoms with van der Waals surface area (Å²) in [4.78, 5) is 4.49. The van der Waals surface area contributed by atoms with Crippen LogP contribution < -0.4 is 5.73 Å². The minimum absolute atomic E-state index is 0.451. The van der Waals surface area contributed by atoms with Crippen molar-refractivity contribution in [3.8, 4) is 0 Å². The number of imidazole rings is 1. The van der Waals surface area contributed by atoms with Gasteiger partial charge in [0.15, 0.2) is 0 Å². The predicted molar refractivity (Wildman–Crippen MR) is 85.0 cm³/mol. The van der Waals surface area contributed by atoms with E-state index in [4.69, 9.17) is 17.3 Å². The number of nitrogens with zero attached hydrogens (tertiary/aromatic N) is 2. The van der Waals surface area contributed by atoms with E-state index in [1.807, 2.05) is 12.1 Å². The summed E-state index contributed by atoms with van der Waals surface area (Å²) in [5, 5.41) is 0.685. The van der Waals surface area contributed by atoms with Crippen molar-refractivity contribution in [3.63, 3.8) is 0 Å². The maximum absolute atomic E-state index is 6.25. The fourth-order valence-electron chi connectivity index (χ4n) is 3.69. The van der Waals surface area contributed by atoms with E-state index in [-0.39, 0.29) is 0 Å². The maximum atomic E-state index is 6.25. The quantitative estimate of drug-likeness (QED) is 0.874.